The quantitative estimate of drug-likeness (QED) is 0.555. The van der Waals surface area contributed by atoms with E-state index in [-0.39, 0.29) is 11.9 Å². The third-order valence-electron chi connectivity index (χ3n) is 1.25. The zero-order valence-electron chi connectivity index (χ0n) is 5.31. The summed E-state index contributed by atoms with van der Waals surface area (Å²) in [4.78, 5) is 10.8. The van der Waals surface area contributed by atoms with Crippen LogP contribution in [0.15, 0.2) is 0 Å². The normalized spacial score (nSPS) is 26.3. The summed E-state index contributed by atoms with van der Waals surface area (Å²) >= 11 is 1.28. The molecule has 1 unspecified atom stereocenters. The maximum absolute atomic E-state index is 10.8. The Labute approximate surface area is 58.8 Å². The molecule has 1 rings (SSSR count). The first kappa shape index (κ1) is 6.89. The molecule has 1 heterocycles. The van der Waals surface area contributed by atoms with Gasteiger partial charge in [-0.1, -0.05) is 13.3 Å². The van der Waals surface area contributed by atoms with Gasteiger partial charge >= 0.3 is 0 Å². The molecule has 52 valence electrons. The van der Waals surface area contributed by atoms with Crippen molar-refractivity contribution in [1.29, 1.82) is 0 Å². The summed E-state index contributed by atoms with van der Waals surface area (Å²) in [5.41, 5.74) is 0. The number of carbonyl (C=O) groups excluding carboxylic acids is 1. The first-order valence-corrected chi connectivity index (χ1v) is 3.87. The highest BCUT2D eigenvalue weighted by Crippen LogP contribution is 2.07. The number of hydrogen-bond donors (Lipinski definition) is 2. The monoisotopic (exact) mass is 146 g/mol. The van der Waals surface area contributed by atoms with Gasteiger partial charge in [-0.3, -0.25) is 9.52 Å². The summed E-state index contributed by atoms with van der Waals surface area (Å²) in [6.45, 7) is 2.07. The van der Waals surface area contributed by atoms with Gasteiger partial charge in [0.1, 0.15) is 0 Å². The van der Waals surface area contributed by atoms with Gasteiger partial charge in [0.2, 0.25) is 5.91 Å². The molecule has 0 aromatic carbocycles. The summed E-state index contributed by atoms with van der Waals surface area (Å²) in [6.07, 6.45) is 1.98. The van der Waals surface area contributed by atoms with Gasteiger partial charge in [0.05, 0.1) is 6.04 Å². The zero-order valence-corrected chi connectivity index (χ0v) is 6.12. The van der Waals surface area contributed by atoms with Crippen LogP contribution in [-0.4, -0.2) is 11.9 Å². The SMILES string of the molecule is CCCC1NSNC1=O. The van der Waals surface area contributed by atoms with Crippen LogP contribution < -0.4 is 9.44 Å². The topological polar surface area (TPSA) is 41.1 Å². The van der Waals surface area contributed by atoms with E-state index >= 15 is 0 Å². The largest absolute Gasteiger partial charge is 0.286 e. The molecule has 1 amide bonds. The lowest BCUT2D eigenvalue weighted by Crippen LogP contribution is -2.27. The van der Waals surface area contributed by atoms with Crippen molar-refractivity contribution in [2.24, 2.45) is 0 Å². The van der Waals surface area contributed by atoms with Gasteiger partial charge in [0.15, 0.2) is 0 Å². The fourth-order valence-corrected chi connectivity index (χ4v) is 1.42. The summed E-state index contributed by atoms with van der Waals surface area (Å²) in [7, 11) is 0. The Kier molecular flexibility index (Phi) is 2.36. The Balaban J connectivity index is 2.31. The van der Waals surface area contributed by atoms with Crippen molar-refractivity contribution in [2.45, 2.75) is 25.8 Å². The minimum absolute atomic E-state index is 0.0417. The molecule has 4 heteroatoms. The van der Waals surface area contributed by atoms with Crippen LogP contribution in [0.5, 0.6) is 0 Å². The van der Waals surface area contributed by atoms with E-state index in [0.717, 1.165) is 12.8 Å². The number of amides is 1. The Hall–Kier alpha value is -0.220. The molecule has 0 saturated carbocycles. The molecule has 1 atom stereocenters. The molecule has 0 spiro atoms. The average Bonchev–Trinajstić information content (AvgIpc) is 2.18. The third-order valence-corrected chi connectivity index (χ3v) is 1.95. The van der Waals surface area contributed by atoms with Crippen molar-refractivity contribution in [1.82, 2.24) is 9.44 Å². The molecule has 1 saturated heterocycles. The number of rotatable bonds is 2. The lowest BCUT2D eigenvalue weighted by molar-refractivity contribution is -0.120. The van der Waals surface area contributed by atoms with Crippen molar-refractivity contribution in [3.05, 3.63) is 0 Å². The van der Waals surface area contributed by atoms with E-state index in [2.05, 4.69) is 16.4 Å². The molecule has 1 fully saturated rings. The Morgan fingerprint density at radius 3 is 3.00 bits per heavy atom. The summed E-state index contributed by atoms with van der Waals surface area (Å²) in [5, 5.41) is 0. The van der Waals surface area contributed by atoms with Gasteiger partial charge < -0.3 is 0 Å². The molecule has 0 bridgehead atoms. The van der Waals surface area contributed by atoms with Crippen LogP contribution in [-0.2, 0) is 4.79 Å². The van der Waals surface area contributed by atoms with Crippen LogP contribution in [0.1, 0.15) is 19.8 Å². The van der Waals surface area contributed by atoms with Gasteiger partial charge in [0, 0.05) is 12.1 Å². The number of hydrogen-bond acceptors (Lipinski definition) is 3. The van der Waals surface area contributed by atoms with Crippen LogP contribution in [0, 0.1) is 0 Å². The van der Waals surface area contributed by atoms with E-state index in [9.17, 15) is 4.79 Å². The van der Waals surface area contributed by atoms with E-state index in [1.807, 2.05) is 0 Å². The van der Waals surface area contributed by atoms with Gasteiger partial charge in [-0.05, 0) is 6.42 Å². The molecule has 0 aliphatic carbocycles. The highest BCUT2D eigenvalue weighted by Gasteiger charge is 2.22. The van der Waals surface area contributed by atoms with Crippen molar-refractivity contribution in [2.75, 3.05) is 0 Å². The van der Waals surface area contributed by atoms with Gasteiger partial charge in [-0.15, -0.1) is 0 Å². The molecular formula is C5H10N2OS. The van der Waals surface area contributed by atoms with Crippen LogP contribution in [0.2, 0.25) is 0 Å². The molecule has 0 aromatic heterocycles. The smallest absolute Gasteiger partial charge is 0.248 e. The van der Waals surface area contributed by atoms with E-state index in [1.165, 1.54) is 12.1 Å². The summed E-state index contributed by atoms with van der Waals surface area (Å²) < 4.78 is 5.58. The predicted octanol–water partition coefficient (Wildman–Crippen LogP) is 0.438. The third kappa shape index (κ3) is 1.59. The van der Waals surface area contributed by atoms with Crippen molar-refractivity contribution < 1.29 is 4.79 Å². The van der Waals surface area contributed by atoms with Gasteiger partial charge in [-0.25, -0.2) is 4.72 Å². The van der Waals surface area contributed by atoms with Crippen molar-refractivity contribution in [3.63, 3.8) is 0 Å². The number of carbonyl (C=O) groups is 1. The van der Waals surface area contributed by atoms with Crippen LogP contribution in [0.25, 0.3) is 0 Å². The highest BCUT2D eigenvalue weighted by molar-refractivity contribution is 7.96. The van der Waals surface area contributed by atoms with E-state index in [1.54, 1.807) is 0 Å². The lowest BCUT2D eigenvalue weighted by Gasteiger charge is -2.00. The molecule has 0 radical (unpaired) electrons. The molecule has 0 aromatic rings. The first-order valence-electron chi connectivity index (χ1n) is 3.06. The molecule has 1 aliphatic rings. The standard InChI is InChI=1S/C5H10N2OS/c1-2-3-4-5(8)7-9-6-4/h4,6H,2-3H2,1H3,(H,7,8). The molecule has 3 nitrogen and oxygen atoms in total. The maximum atomic E-state index is 10.8. The highest BCUT2D eigenvalue weighted by atomic mass is 32.2. The van der Waals surface area contributed by atoms with E-state index in [4.69, 9.17) is 0 Å². The molecule has 9 heavy (non-hydrogen) atoms. The Morgan fingerprint density at radius 2 is 2.56 bits per heavy atom. The second-order valence-corrected chi connectivity index (χ2v) is 2.67. The first-order chi connectivity index (χ1) is 4.34. The molecule has 2 N–H and O–H groups in total. The minimum Gasteiger partial charge on any atom is -0.286 e. The van der Waals surface area contributed by atoms with E-state index in [0.29, 0.717) is 0 Å². The zero-order chi connectivity index (χ0) is 6.69. The van der Waals surface area contributed by atoms with Crippen molar-refractivity contribution in [3.8, 4) is 0 Å². The minimum atomic E-state index is 0.0417. The Morgan fingerprint density at radius 1 is 1.78 bits per heavy atom. The fourth-order valence-electron chi connectivity index (χ4n) is 0.754. The molecular weight excluding hydrogens is 136 g/mol. The van der Waals surface area contributed by atoms with Crippen LogP contribution >= 0.6 is 12.1 Å². The second kappa shape index (κ2) is 3.08. The lowest BCUT2D eigenvalue weighted by atomic mass is 10.2. The van der Waals surface area contributed by atoms with Crippen LogP contribution in [0.3, 0.4) is 0 Å². The fraction of sp³-hybridized carbons (Fsp3) is 0.800. The van der Waals surface area contributed by atoms with Gasteiger partial charge in [-0.2, -0.15) is 0 Å². The summed E-state index contributed by atoms with van der Waals surface area (Å²) in [6, 6.07) is 0.0417. The summed E-state index contributed by atoms with van der Waals surface area (Å²) in [5.74, 6) is 0.113. The molecule has 1 aliphatic heterocycles. The van der Waals surface area contributed by atoms with Gasteiger partial charge in [0.25, 0.3) is 0 Å². The second-order valence-electron chi connectivity index (χ2n) is 2.03. The predicted molar refractivity (Wildman–Crippen MR) is 37.6 cm³/mol. The van der Waals surface area contributed by atoms with Crippen LogP contribution in [0.4, 0.5) is 0 Å². The average molecular weight is 146 g/mol. The maximum Gasteiger partial charge on any atom is 0.248 e. The van der Waals surface area contributed by atoms with Crippen molar-refractivity contribution >= 4 is 18.0 Å². The Bertz CT molecular complexity index is 118. The van der Waals surface area contributed by atoms with E-state index < -0.39 is 0 Å². The number of nitrogens with one attached hydrogen (secondary N) is 2.